The highest BCUT2D eigenvalue weighted by Gasteiger charge is 2.21. The number of rotatable bonds is 5. The maximum absolute atomic E-state index is 13.8. The summed E-state index contributed by atoms with van der Waals surface area (Å²) in [5.74, 6) is -0.773. The number of hydrogen-bond acceptors (Lipinski definition) is 5. The first kappa shape index (κ1) is 16.6. The van der Waals surface area contributed by atoms with E-state index in [1.165, 1.54) is 24.4 Å². The Balaban J connectivity index is 2.01. The maximum Gasteiger partial charge on any atom is 0.406 e. The van der Waals surface area contributed by atoms with Crippen LogP contribution in [0.15, 0.2) is 48.8 Å². The van der Waals surface area contributed by atoms with E-state index >= 15 is 0 Å². The Hall–Kier alpha value is -3.29. The summed E-state index contributed by atoms with van der Waals surface area (Å²) < 4.78 is 21.2. The van der Waals surface area contributed by atoms with E-state index in [0.717, 1.165) is 11.3 Å². The van der Waals surface area contributed by atoms with Gasteiger partial charge < -0.3 is 14.9 Å². The summed E-state index contributed by atoms with van der Waals surface area (Å²) in [5.41, 5.74) is 2.08. The number of ether oxygens (including phenoxy) is 1. The zero-order chi connectivity index (χ0) is 18.0. The summed E-state index contributed by atoms with van der Waals surface area (Å²) in [5, 5.41) is 15.2. The van der Waals surface area contributed by atoms with Gasteiger partial charge in [-0.25, -0.2) is 4.39 Å². The second-order valence-electron chi connectivity index (χ2n) is 5.41. The quantitative estimate of drug-likeness (QED) is 0.522. The lowest BCUT2D eigenvalue weighted by atomic mass is 10.00. The van der Waals surface area contributed by atoms with Crippen molar-refractivity contribution in [3.63, 3.8) is 0 Å². The molecule has 8 heteroatoms. The zero-order valence-corrected chi connectivity index (χ0v) is 13.6. The van der Waals surface area contributed by atoms with Crippen molar-refractivity contribution in [2.45, 2.75) is 13.0 Å². The number of nitro groups is 1. The highest BCUT2D eigenvalue weighted by Crippen LogP contribution is 2.33. The van der Waals surface area contributed by atoms with Gasteiger partial charge in [0.2, 0.25) is 5.75 Å². The number of aromatic nitrogens is 3. The number of halogens is 1. The predicted molar refractivity (Wildman–Crippen MR) is 88.5 cm³/mol. The predicted octanol–water partition coefficient (Wildman–Crippen LogP) is 3.67. The first-order valence-electron chi connectivity index (χ1n) is 7.51. The van der Waals surface area contributed by atoms with Gasteiger partial charge in [0.05, 0.1) is 5.69 Å². The van der Waals surface area contributed by atoms with E-state index in [1.54, 1.807) is 43.0 Å². The second-order valence-corrected chi connectivity index (χ2v) is 5.41. The molecule has 2 aromatic heterocycles. The Morgan fingerprint density at radius 1 is 1.28 bits per heavy atom. The molecule has 0 saturated heterocycles. The third-order valence-electron chi connectivity index (χ3n) is 3.78. The molecule has 7 nitrogen and oxygen atoms in total. The van der Waals surface area contributed by atoms with Gasteiger partial charge in [-0.2, -0.15) is 5.10 Å². The van der Waals surface area contributed by atoms with Crippen molar-refractivity contribution in [1.29, 1.82) is 0 Å². The van der Waals surface area contributed by atoms with Crippen LogP contribution in [0.3, 0.4) is 0 Å². The second kappa shape index (κ2) is 6.68. The molecule has 3 rings (SSSR count). The molecule has 0 bridgehead atoms. The molecule has 25 heavy (non-hydrogen) atoms. The Morgan fingerprint density at radius 3 is 2.76 bits per heavy atom. The van der Waals surface area contributed by atoms with Crippen molar-refractivity contribution in [2.75, 3.05) is 0 Å². The summed E-state index contributed by atoms with van der Waals surface area (Å²) in [4.78, 5) is 14.2. The molecule has 0 radical (unpaired) electrons. The minimum atomic E-state index is -0.636. The first-order chi connectivity index (χ1) is 12.0. The highest BCUT2D eigenvalue weighted by molar-refractivity contribution is 5.64. The average Bonchev–Trinajstić information content (AvgIpc) is 3.01. The lowest BCUT2D eigenvalue weighted by molar-refractivity contribution is -0.390. The fraction of sp³-hybridized carbons (Fsp3) is 0.176. The van der Waals surface area contributed by atoms with Crippen LogP contribution in [0.2, 0.25) is 0 Å². The van der Waals surface area contributed by atoms with Crippen LogP contribution in [0, 0.1) is 15.9 Å². The topological polar surface area (TPSA) is 83.1 Å². The fourth-order valence-corrected chi connectivity index (χ4v) is 2.61. The van der Waals surface area contributed by atoms with E-state index in [4.69, 9.17) is 4.74 Å². The lowest BCUT2D eigenvalue weighted by Gasteiger charge is -2.18. The smallest absolute Gasteiger partial charge is 0.406 e. The van der Waals surface area contributed by atoms with Crippen LogP contribution in [0.5, 0.6) is 5.75 Å². The van der Waals surface area contributed by atoms with Gasteiger partial charge in [-0.1, -0.05) is 0 Å². The van der Waals surface area contributed by atoms with Crippen LogP contribution in [0.1, 0.15) is 18.6 Å². The van der Waals surface area contributed by atoms with Crippen molar-refractivity contribution in [1.82, 2.24) is 14.8 Å². The zero-order valence-electron chi connectivity index (χ0n) is 13.6. The van der Waals surface area contributed by atoms with Crippen molar-refractivity contribution < 1.29 is 14.1 Å². The molecule has 0 spiro atoms. The molecule has 0 aliphatic carbocycles. The number of nitrogens with zero attached hydrogens (tertiary/aromatic N) is 4. The van der Waals surface area contributed by atoms with E-state index in [0.29, 0.717) is 5.56 Å². The molecule has 1 atom stereocenters. The summed E-state index contributed by atoms with van der Waals surface area (Å²) in [6.45, 7) is 1.70. The summed E-state index contributed by atoms with van der Waals surface area (Å²) in [7, 11) is 1.78. The molecule has 0 amide bonds. The molecule has 0 aliphatic heterocycles. The van der Waals surface area contributed by atoms with Gasteiger partial charge in [0.25, 0.3) is 0 Å². The van der Waals surface area contributed by atoms with E-state index in [2.05, 4.69) is 10.1 Å². The number of hydrogen-bond donors (Lipinski definition) is 0. The van der Waals surface area contributed by atoms with Crippen molar-refractivity contribution in [3.05, 3.63) is 70.3 Å². The van der Waals surface area contributed by atoms with Gasteiger partial charge in [-0.3, -0.25) is 4.68 Å². The third kappa shape index (κ3) is 3.32. The van der Waals surface area contributed by atoms with Crippen LogP contribution in [0.4, 0.5) is 10.2 Å². The van der Waals surface area contributed by atoms with Gasteiger partial charge in [-0.15, -0.1) is 0 Å². The van der Waals surface area contributed by atoms with Crippen LogP contribution >= 0.6 is 0 Å². The maximum atomic E-state index is 13.8. The fourth-order valence-electron chi connectivity index (χ4n) is 2.61. The minimum absolute atomic E-state index is 0.0280. The molecule has 3 aromatic rings. The molecule has 2 heterocycles. The van der Waals surface area contributed by atoms with E-state index in [-0.39, 0.29) is 11.6 Å². The summed E-state index contributed by atoms with van der Waals surface area (Å²) in [6, 6.07) is 9.16. The molecule has 0 saturated carbocycles. The Morgan fingerprint density at radius 2 is 2.08 bits per heavy atom. The minimum Gasteiger partial charge on any atom is -0.478 e. The number of pyridine rings is 1. The molecular formula is C17H15FN4O3. The Labute approximate surface area is 142 Å². The molecular weight excluding hydrogens is 327 g/mol. The Bertz CT molecular complexity index is 926. The van der Waals surface area contributed by atoms with Crippen molar-refractivity contribution in [3.8, 4) is 17.0 Å². The summed E-state index contributed by atoms with van der Waals surface area (Å²) >= 11 is 0. The molecule has 0 fully saturated rings. The SMILES string of the molecule is CC(Oc1cccnc1[N+](=O)[O-])c1cc(F)ccc1-c1ccnn1C. The largest absolute Gasteiger partial charge is 0.478 e. The number of benzene rings is 1. The lowest BCUT2D eigenvalue weighted by Crippen LogP contribution is -2.08. The molecule has 0 aliphatic rings. The van der Waals surface area contributed by atoms with Gasteiger partial charge in [-0.05, 0) is 53.2 Å². The average molecular weight is 342 g/mol. The first-order valence-corrected chi connectivity index (χ1v) is 7.51. The standard InChI is InChI=1S/C17H15FN4O3/c1-11(25-16-4-3-8-19-17(16)22(23)24)14-10-12(18)5-6-13(14)15-7-9-20-21(15)2/h3-11H,1-2H3. The van der Waals surface area contributed by atoms with Crippen molar-refractivity contribution >= 4 is 5.82 Å². The third-order valence-corrected chi connectivity index (χ3v) is 3.78. The van der Waals surface area contributed by atoms with Crippen LogP contribution < -0.4 is 4.74 Å². The van der Waals surface area contributed by atoms with Crippen LogP contribution in [0.25, 0.3) is 11.3 Å². The van der Waals surface area contributed by atoms with Gasteiger partial charge in [0.15, 0.2) is 0 Å². The van der Waals surface area contributed by atoms with Gasteiger partial charge in [0, 0.05) is 24.4 Å². The molecule has 0 N–H and O–H groups in total. The van der Waals surface area contributed by atoms with E-state index < -0.39 is 16.8 Å². The molecule has 128 valence electrons. The Kier molecular flexibility index (Phi) is 4.42. The molecule has 1 unspecified atom stereocenters. The monoisotopic (exact) mass is 342 g/mol. The van der Waals surface area contributed by atoms with Gasteiger partial charge >= 0.3 is 5.82 Å². The normalized spacial score (nSPS) is 12.0. The van der Waals surface area contributed by atoms with E-state index in [9.17, 15) is 14.5 Å². The summed E-state index contributed by atoms with van der Waals surface area (Å²) in [6.07, 6.45) is 2.32. The highest BCUT2D eigenvalue weighted by atomic mass is 19.1. The number of aryl methyl sites for hydroxylation is 1. The van der Waals surface area contributed by atoms with Crippen LogP contribution in [-0.4, -0.2) is 19.7 Å². The van der Waals surface area contributed by atoms with E-state index in [1.807, 2.05) is 0 Å². The van der Waals surface area contributed by atoms with Crippen LogP contribution in [-0.2, 0) is 7.05 Å². The molecule has 1 aromatic carbocycles. The van der Waals surface area contributed by atoms with Gasteiger partial charge in [0.1, 0.15) is 18.1 Å². The van der Waals surface area contributed by atoms with Crippen molar-refractivity contribution in [2.24, 2.45) is 7.05 Å².